The second-order valence-electron chi connectivity index (χ2n) is 9.53. The molecule has 0 unspecified atom stereocenters. The highest BCUT2D eigenvalue weighted by molar-refractivity contribution is 7.92. The fourth-order valence-electron chi connectivity index (χ4n) is 4.27. The van der Waals surface area contributed by atoms with Crippen molar-refractivity contribution in [2.24, 2.45) is 0 Å². The van der Waals surface area contributed by atoms with Gasteiger partial charge in [0.15, 0.2) is 0 Å². The summed E-state index contributed by atoms with van der Waals surface area (Å²) < 4.78 is 42.3. The molecule has 0 fully saturated rings. The summed E-state index contributed by atoms with van der Waals surface area (Å²) in [6.07, 6.45) is 1.08. The van der Waals surface area contributed by atoms with Gasteiger partial charge in [0.25, 0.3) is 10.0 Å². The second kappa shape index (κ2) is 13.4. The van der Waals surface area contributed by atoms with E-state index >= 15 is 0 Å². The second-order valence-corrected chi connectivity index (χ2v) is 11.4. The number of carbonyl (C=O) groups is 2. The molecule has 0 spiro atoms. The van der Waals surface area contributed by atoms with E-state index in [0.717, 1.165) is 39.5 Å². The Balaban J connectivity index is 2.04. The van der Waals surface area contributed by atoms with Crippen molar-refractivity contribution < 1.29 is 22.4 Å². The van der Waals surface area contributed by atoms with Crippen LogP contribution in [0.2, 0.25) is 0 Å². The standard InChI is InChI=1S/C30H36FN3O4S/c1-5-18-32-30(36)28(6-2)33(20-24-9-7-8-23(4)19-24)29(35)21-34(26-14-12-25(31)13-15-26)39(37,38)27-16-10-22(3)11-17-27/h7-17,19,28H,5-6,18,20-21H2,1-4H3,(H,32,36)/t28-/m0/s1. The molecule has 2 amide bonds. The highest BCUT2D eigenvalue weighted by Gasteiger charge is 2.33. The lowest BCUT2D eigenvalue weighted by Gasteiger charge is -2.33. The Bertz CT molecular complexity index is 1380. The molecule has 3 rings (SSSR count). The quantitative estimate of drug-likeness (QED) is 0.343. The van der Waals surface area contributed by atoms with Crippen LogP contribution in [0.15, 0.2) is 77.7 Å². The van der Waals surface area contributed by atoms with Gasteiger partial charge in [0.1, 0.15) is 18.4 Å². The molecule has 39 heavy (non-hydrogen) atoms. The Hall–Kier alpha value is -3.72. The molecule has 0 aliphatic rings. The Morgan fingerprint density at radius 2 is 1.59 bits per heavy atom. The first kappa shape index (κ1) is 29.8. The van der Waals surface area contributed by atoms with Crippen molar-refractivity contribution in [2.75, 3.05) is 17.4 Å². The van der Waals surface area contributed by atoms with Gasteiger partial charge in [0, 0.05) is 13.1 Å². The number of amides is 2. The number of nitrogens with one attached hydrogen (secondary N) is 1. The molecule has 0 bridgehead atoms. The largest absolute Gasteiger partial charge is 0.354 e. The summed E-state index contributed by atoms with van der Waals surface area (Å²) in [6, 6.07) is 18.0. The molecule has 208 valence electrons. The van der Waals surface area contributed by atoms with Crippen LogP contribution in [0.5, 0.6) is 0 Å². The van der Waals surface area contributed by atoms with Gasteiger partial charge >= 0.3 is 0 Å². The lowest BCUT2D eigenvalue weighted by molar-refractivity contribution is -0.140. The van der Waals surface area contributed by atoms with Gasteiger partial charge in [0.2, 0.25) is 11.8 Å². The SMILES string of the molecule is CCCNC(=O)[C@H](CC)N(Cc1cccc(C)c1)C(=O)CN(c1ccc(F)cc1)S(=O)(=O)c1ccc(C)cc1. The van der Waals surface area contributed by atoms with E-state index in [0.29, 0.717) is 13.0 Å². The van der Waals surface area contributed by atoms with Crippen LogP contribution in [-0.2, 0) is 26.2 Å². The summed E-state index contributed by atoms with van der Waals surface area (Å²) in [7, 11) is -4.20. The van der Waals surface area contributed by atoms with Crippen molar-refractivity contribution in [1.82, 2.24) is 10.2 Å². The monoisotopic (exact) mass is 553 g/mol. The summed E-state index contributed by atoms with van der Waals surface area (Å²) in [5.74, 6) is -1.37. The lowest BCUT2D eigenvalue weighted by Crippen LogP contribution is -2.52. The molecule has 9 heteroatoms. The molecule has 0 radical (unpaired) electrons. The molecule has 0 saturated heterocycles. The minimum Gasteiger partial charge on any atom is -0.354 e. The van der Waals surface area contributed by atoms with Gasteiger partial charge in [-0.05, 0) is 68.7 Å². The van der Waals surface area contributed by atoms with E-state index in [2.05, 4.69) is 5.32 Å². The maximum Gasteiger partial charge on any atom is 0.264 e. The number of sulfonamides is 1. The Morgan fingerprint density at radius 1 is 0.923 bits per heavy atom. The third-order valence-corrected chi connectivity index (χ3v) is 8.16. The van der Waals surface area contributed by atoms with Crippen molar-refractivity contribution in [1.29, 1.82) is 0 Å². The average Bonchev–Trinajstić information content (AvgIpc) is 2.91. The predicted octanol–water partition coefficient (Wildman–Crippen LogP) is 4.97. The topological polar surface area (TPSA) is 86.8 Å². The third-order valence-electron chi connectivity index (χ3n) is 6.37. The number of hydrogen-bond acceptors (Lipinski definition) is 4. The van der Waals surface area contributed by atoms with E-state index in [1.807, 2.05) is 52.0 Å². The van der Waals surface area contributed by atoms with E-state index in [4.69, 9.17) is 0 Å². The maximum atomic E-state index is 14.0. The van der Waals surface area contributed by atoms with Crippen LogP contribution < -0.4 is 9.62 Å². The van der Waals surface area contributed by atoms with Crippen LogP contribution in [0.4, 0.5) is 10.1 Å². The van der Waals surface area contributed by atoms with Gasteiger partial charge in [-0.25, -0.2) is 12.8 Å². The lowest BCUT2D eigenvalue weighted by atomic mass is 10.1. The average molecular weight is 554 g/mol. The van der Waals surface area contributed by atoms with Crippen LogP contribution in [0.25, 0.3) is 0 Å². The van der Waals surface area contributed by atoms with Crippen LogP contribution in [0, 0.1) is 19.7 Å². The van der Waals surface area contributed by atoms with E-state index in [-0.39, 0.29) is 23.0 Å². The predicted molar refractivity (Wildman–Crippen MR) is 151 cm³/mol. The first-order chi connectivity index (χ1) is 18.6. The molecule has 0 aliphatic carbocycles. The molecule has 1 N–H and O–H groups in total. The van der Waals surface area contributed by atoms with Gasteiger partial charge in [0.05, 0.1) is 10.6 Å². The minimum atomic E-state index is -4.20. The zero-order chi connectivity index (χ0) is 28.6. The number of rotatable bonds is 12. The molecule has 3 aromatic rings. The van der Waals surface area contributed by atoms with E-state index in [1.54, 1.807) is 12.1 Å². The molecular weight excluding hydrogens is 517 g/mol. The molecule has 0 saturated carbocycles. The van der Waals surface area contributed by atoms with Crippen molar-refractivity contribution in [2.45, 2.75) is 58.0 Å². The number of benzene rings is 3. The van der Waals surface area contributed by atoms with Gasteiger partial charge in [-0.1, -0.05) is 61.4 Å². The van der Waals surface area contributed by atoms with Gasteiger partial charge in [-0.2, -0.15) is 0 Å². The van der Waals surface area contributed by atoms with Crippen LogP contribution >= 0.6 is 0 Å². The Morgan fingerprint density at radius 3 is 2.18 bits per heavy atom. The summed E-state index contributed by atoms with van der Waals surface area (Å²) in [4.78, 5) is 28.5. The number of carbonyl (C=O) groups excluding carboxylic acids is 2. The van der Waals surface area contributed by atoms with Gasteiger partial charge < -0.3 is 10.2 Å². The number of aryl methyl sites for hydroxylation is 2. The molecule has 0 aliphatic heterocycles. The fourth-order valence-corrected chi connectivity index (χ4v) is 5.68. The Labute approximate surface area is 230 Å². The fraction of sp³-hybridized carbons (Fsp3) is 0.333. The zero-order valence-electron chi connectivity index (χ0n) is 22.9. The summed E-state index contributed by atoms with van der Waals surface area (Å²) >= 11 is 0. The van der Waals surface area contributed by atoms with E-state index in [9.17, 15) is 22.4 Å². The minimum absolute atomic E-state index is 0.00295. The van der Waals surface area contributed by atoms with E-state index < -0.39 is 34.3 Å². The first-order valence-electron chi connectivity index (χ1n) is 13.0. The smallest absolute Gasteiger partial charge is 0.264 e. The summed E-state index contributed by atoms with van der Waals surface area (Å²) in [5.41, 5.74) is 2.84. The van der Waals surface area contributed by atoms with Crippen molar-refractivity contribution in [3.8, 4) is 0 Å². The van der Waals surface area contributed by atoms with Gasteiger partial charge in [-0.3, -0.25) is 13.9 Å². The van der Waals surface area contributed by atoms with E-state index in [1.165, 1.54) is 29.2 Å². The Kier molecular flexibility index (Phi) is 10.2. The number of halogens is 1. The zero-order valence-corrected chi connectivity index (χ0v) is 23.7. The van der Waals surface area contributed by atoms with Crippen LogP contribution in [0.3, 0.4) is 0 Å². The van der Waals surface area contributed by atoms with Crippen molar-refractivity contribution in [3.05, 3.63) is 95.3 Å². The molecule has 3 aromatic carbocycles. The number of hydrogen-bond donors (Lipinski definition) is 1. The summed E-state index contributed by atoms with van der Waals surface area (Å²) in [6.45, 7) is 7.55. The highest BCUT2D eigenvalue weighted by Crippen LogP contribution is 2.25. The molecule has 0 aromatic heterocycles. The molecule has 0 heterocycles. The summed E-state index contributed by atoms with van der Waals surface area (Å²) in [5, 5.41) is 2.86. The molecule has 1 atom stereocenters. The first-order valence-corrected chi connectivity index (χ1v) is 14.5. The third kappa shape index (κ3) is 7.66. The van der Waals surface area contributed by atoms with Crippen molar-refractivity contribution >= 4 is 27.5 Å². The molecular formula is C30H36FN3O4S. The normalized spacial score (nSPS) is 12.0. The highest BCUT2D eigenvalue weighted by atomic mass is 32.2. The van der Waals surface area contributed by atoms with Gasteiger partial charge in [-0.15, -0.1) is 0 Å². The maximum absolute atomic E-state index is 14.0. The number of nitrogens with zero attached hydrogens (tertiary/aromatic N) is 2. The molecule has 7 nitrogen and oxygen atoms in total. The van der Waals surface area contributed by atoms with Crippen LogP contribution in [0.1, 0.15) is 43.4 Å². The van der Waals surface area contributed by atoms with Crippen LogP contribution in [-0.4, -0.2) is 44.3 Å². The van der Waals surface area contributed by atoms with Crippen molar-refractivity contribution in [3.63, 3.8) is 0 Å². The number of anilines is 1.